The lowest BCUT2D eigenvalue weighted by atomic mass is 9.99. The van der Waals surface area contributed by atoms with Crippen molar-refractivity contribution in [3.05, 3.63) is 47.3 Å². The number of hydrogen-bond donors (Lipinski definition) is 1. The summed E-state index contributed by atoms with van der Waals surface area (Å²) in [6.45, 7) is 6.10. The summed E-state index contributed by atoms with van der Waals surface area (Å²) in [7, 11) is 0. The summed E-state index contributed by atoms with van der Waals surface area (Å²) in [4.78, 5) is 13.9. The molecule has 1 N–H and O–H groups in total. The largest absolute Gasteiger partial charge is 0.334 e. The Hall–Kier alpha value is -1.94. The molecule has 2 aromatic rings. The molecule has 2 aromatic carbocycles. The van der Waals surface area contributed by atoms with Crippen molar-refractivity contribution in [1.82, 2.24) is 10.2 Å². The molecule has 3 rings (SSSR count). The predicted octanol–water partition coefficient (Wildman–Crippen LogP) is 3.00. The van der Waals surface area contributed by atoms with E-state index in [0.29, 0.717) is 6.54 Å². The fraction of sp³-hybridized carbons (Fsp3) is 0.389. The Morgan fingerprint density at radius 3 is 2.86 bits per heavy atom. The smallest absolute Gasteiger partial charge is 0.220 e. The van der Waals surface area contributed by atoms with Crippen LogP contribution in [0.5, 0.6) is 0 Å². The van der Waals surface area contributed by atoms with E-state index in [1.807, 2.05) is 30.0 Å². The van der Waals surface area contributed by atoms with Crippen molar-refractivity contribution in [2.75, 3.05) is 13.1 Å². The van der Waals surface area contributed by atoms with Gasteiger partial charge in [0, 0.05) is 26.1 Å². The van der Waals surface area contributed by atoms with Crippen LogP contribution in [0.3, 0.4) is 0 Å². The minimum absolute atomic E-state index is 0.104. The Kier molecular flexibility index (Phi) is 4.12. The van der Waals surface area contributed by atoms with Crippen LogP contribution < -0.4 is 5.32 Å². The summed E-state index contributed by atoms with van der Waals surface area (Å²) in [6.07, 6.45) is 0.997. The van der Waals surface area contributed by atoms with E-state index in [0.717, 1.165) is 41.4 Å². The van der Waals surface area contributed by atoms with Crippen LogP contribution in [0.2, 0.25) is 0 Å². The molecule has 116 valence electrons. The molecule has 1 saturated heterocycles. The zero-order chi connectivity index (χ0) is 15.7. The van der Waals surface area contributed by atoms with Gasteiger partial charge >= 0.3 is 0 Å². The molecular formula is C18H21FN2O. The van der Waals surface area contributed by atoms with Gasteiger partial charge in [0.2, 0.25) is 5.91 Å². The number of nitrogens with zero attached hydrogens (tertiary/aromatic N) is 1. The van der Waals surface area contributed by atoms with Crippen LogP contribution in [0.1, 0.15) is 24.5 Å². The number of amides is 1. The molecule has 1 atom stereocenters. The summed E-state index contributed by atoms with van der Waals surface area (Å²) in [6, 6.07) is 9.07. The minimum atomic E-state index is -0.220. The van der Waals surface area contributed by atoms with Crippen molar-refractivity contribution in [2.45, 2.75) is 32.9 Å². The van der Waals surface area contributed by atoms with Crippen molar-refractivity contribution in [2.24, 2.45) is 0 Å². The Balaban J connectivity index is 1.93. The van der Waals surface area contributed by atoms with E-state index >= 15 is 0 Å². The summed E-state index contributed by atoms with van der Waals surface area (Å²) in [5, 5.41) is 5.26. The van der Waals surface area contributed by atoms with Crippen LogP contribution >= 0.6 is 0 Å². The zero-order valence-electron chi connectivity index (χ0n) is 13.0. The van der Waals surface area contributed by atoms with Crippen molar-refractivity contribution < 1.29 is 9.18 Å². The predicted molar refractivity (Wildman–Crippen MR) is 86.1 cm³/mol. The number of nitrogens with one attached hydrogen (secondary N) is 1. The molecular weight excluding hydrogens is 279 g/mol. The van der Waals surface area contributed by atoms with E-state index in [4.69, 9.17) is 0 Å². The fourth-order valence-electron chi connectivity index (χ4n) is 3.26. The van der Waals surface area contributed by atoms with Gasteiger partial charge in [-0.25, -0.2) is 4.39 Å². The number of aryl methyl sites for hydroxylation is 1. The minimum Gasteiger partial charge on any atom is -0.334 e. The Morgan fingerprint density at radius 1 is 1.36 bits per heavy atom. The van der Waals surface area contributed by atoms with E-state index < -0.39 is 0 Å². The van der Waals surface area contributed by atoms with Crippen molar-refractivity contribution in [3.63, 3.8) is 0 Å². The van der Waals surface area contributed by atoms with Crippen molar-refractivity contribution >= 4 is 16.7 Å². The lowest BCUT2D eigenvalue weighted by Gasteiger charge is -2.28. The Morgan fingerprint density at radius 2 is 2.18 bits per heavy atom. The van der Waals surface area contributed by atoms with Crippen LogP contribution in [0.25, 0.3) is 10.8 Å². The second kappa shape index (κ2) is 6.05. The zero-order valence-corrected chi connectivity index (χ0v) is 13.0. The van der Waals surface area contributed by atoms with Gasteiger partial charge < -0.3 is 10.2 Å². The third-order valence-corrected chi connectivity index (χ3v) is 4.58. The number of hydrogen-bond acceptors (Lipinski definition) is 2. The lowest BCUT2D eigenvalue weighted by molar-refractivity contribution is -0.131. The third kappa shape index (κ3) is 2.83. The molecule has 4 heteroatoms. The summed E-state index contributed by atoms with van der Waals surface area (Å²) in [5.74, 6) is -0.116. The molecule has 0 saturated carbocycles. The Labute approximate surface area is 130 Å². The first kappa shape index (κ1) is 15.0. The molecule has 22 heavy (non-hydrogen) atoms. The number of rotatable bonds is 3. The van der Waals surface area contributed by atoms with Crippen LogP contribution in [0, 0.1) is 12.7 Å². The maximum atomic E-state index is 13.3. The first-order valence-electron chi connectivity index (χ1n) is 7.72. The highest BCUT2D eigenvalue weighted by atomic mass is 19.1. The van der Waals surface area contributed by atoms with E-state index in [-0.39, 0.29) is 17.8 Å². The van der Waals surface area contributed by atoms with Crippen LogP contribution in [-0.4, -0.2) is 29.9 Å². The average molecular weight is 300 g/mol. The molecule has 1 heterocycles. The molecule has 1 amide bonds. The van der Waals surface area contributed by atoms with Crippen LogP contribution in [0.4, 0.5) is 4.39 Å². The SMILES string of the molecule is CC(=O)N(Cc1ccc2cc(F)ccc2c1C)[C@@H]1CCNC1. The fourth-order valence-corrected chi connectivity index (χ4v) is 3.26. The highest BCUT2D eigenvalue weighted by Crippen LogP contribution is 2.25. The van der Waals surface area contributed by atoms with E-state index in [9.17, 15) is 9.18 Å². The molecule has 1 aliphatic heterocycles. The normalized spacial score (nSPS) is 17.9. The topological polar surface area (TPSA) is 32.3 Å². The Bertz CT molecular complexity index is 708. The highest BCUT2D eigenvalue weighted by molar-refractivity contribution is 5.86. The first-order chi connectivity index (χ1) is 10.6. The van der Waals surface area contributed by atoms with Gasteiger partial charge in [0.1, 0.15) is 5.82 Å². The summed E-state index contributed by atoms with van der Waals surface area (Å²) >= 11 is 0. The quantitative estimate of drug-likeness (QED) is 0.945. The molecule has 0 radical (unpaired) electrons. The standard InChI is InChI=1S/C18H21FN2O/c1-12-15(4-3-14-9-16(19)5-6-18(12)14)11-21(13(2)22)17-7-8-20-10-17/h3-6,9,17,20H,7-8,10-11H2,1-2H3/t17-/m1/s1. The van der Waals surface area contributed by atoms with Crippen molar-refractivity contribution in [1.29, 1.82) is 0 Å². The van der Waals surface area contributed by atoms with E-state index in [1.165, 1.54) is 6.07 Å². The number of halogens is 1. The lowest BCUT2D eigenvalue weighted by Crippen LogP contribution is -2.39. The van der Waals surface area contributed by atoms with Gasteiger partial charge in [0.15, 0.2) is 0 Å². The maximum Gasteiger partial charge on any atom is 0.220 e. The molecule has 0 spiro atoms. The molecule has 1 fully saturated rings. The van der Waals surface area contributed by atoms with Gasteiger partial charge in [-0.1, -0.05) is 18.2 Å². The molecule has 0 aliphatic carbocycles. The monoisotopic (exact) mass is 300 g/mol. The van der Waals surface area contributed by atoms with Crippen LogP contribution in [-0.2, 0) is 11.3 Å². The average Bonchev–Trinajstić information content (AvgIpc) is 3.00. The van der Waals surface area contributed by atoms with E-state index in [1.54, 1.807) is 13.0 Å². The van der Waals surface area contributed by atoms with Gasteiger partial charge in [-0.05, 0) is 53.9 Å². The number of benzene rings is 2. The molecule has 0 bridgehead atoms. The van der Waals surface area contributed by atoms with E-state index in [2.05, 4.69) is 5.32 Å². The number of carbonyl (C=O) groups excluding carboxylic acids is 1. The summed E-state index contributed by atoms with van der Waals surface area (Å²) in [5.41, 5.74) is 2.25. The maximum absolute atomic E-state index is 13.3. The molecule has 1 aliphatic rings. The van der Waals surface area contributed by atoms with Gasteiger partial charge in [0.05, 0.1) is 0 Å². The second-order valence-corrected chi connectivity index (χ2v) is 6.01. The first-order valence-corrected chi connectivity index (χ1v) is 7.72. The van der Waals surface area contributed by atoms with Gasteiger partial charge in [-0.3, -0.25) is 4.79 Å². The van der Waals surface area contributed by atoms with Crippen LogP contribution in [0.15, 0.2) is 30.3 Å². The molecule has 0 unspecified atom stereocenters. The molecule has 0 aromatic heterocycles. The van der Waals surface area contributed by atoms with Gasteiger partial charge in [0.25, 0.3) is 0 Å². The number of fused-ring (bicyclic) bond motifs is 1. The third-order valence-electron chi connectivity index (χ3n) is 4.58. The number of carbonyl (C=O) groups is 1. The summed E-state index contributed by atoms with van der Waals surface area (Å²) < 4.78 is 13.3. The van der Waals surface area contributed by atoms with Gasteiger partial charge in [-0.15, -0.1) is 0 Å². The van der Waals surface area contributed by atoms with Crippen molar-refractivity contribution in [3.8, 4) is 0 Å². The second-order valence-electron chi connectivity index (χ2n) is 6.01. The molecule has 3 nitrogen and oxygen atoms in total. The highest BCUT2D eigenvalue weighted by Gasteiger charge is 2.24. The van der Waals surface area contributed by atoms with Gasteiger partial charge in [-0.2, -0.15) is 0 Å².